The molecule has 1 atom stereocenters. The molecule has 2 aromatic rings. The van der Waals surface area contributed by atoms with Gasteiger partial charge in [0.15, 0.2) is 6.10 Å². The molecule has 6 heteroatoms. The zero-order valence-electron chi connectivity index (χ0n) is 11.7. The topological polar surface area (TPSA) is 18.5 Å². The maximum absolute atomic E-state index is 13.2. The average molecular weight is 375 g/mol. The second kappa shape index (κ2) is 7.15. The third-order valence-electron chi connectivity index (χ3n) is 3.05. The van der Waals surface area contributed by atoms with E-state index in [2.05, 4.69) is 15.9 Å². The molecular formula is C16H14BrF3O2. The van der Waals surface area contributed by atoms with Crippen LogP contribution in [0.15, 0.2) is 53.0 Å². The lowest BCUT2D eigenvalue weighted by Crippen LogP contribution is -2.23. The minimum atomic E-state index is -4.47. The number of hydrogen-bond donors (Lipinski definition) is 0. The van der Waals surface area contributed by atoms with E-state index in [1.54, 1.807) is 36.4 Å². The van der Waals surface area contributed by atoms with Crippen LogP contribution >= 0.6 is 15.9 Å². The molecule has 2 aromatic carbocycles. The average Bonchev–Trinajstić information content (AvgIpc) is 2.48. The van der Waals surface area contributed by atoms with E-state index in [1.165, 1.54) is 19.2 Å². The third kappa shape index (κ3) is 4.48. The predicted molar refractivity (Wildman–Crippen MR) is 80.7 cm³/mol. The van der Waals surface area contributed by atoms with Gasteiger partial charge >= 0.3 is 6.18 Å². The van der Waals surface area contributed by atoms with Crippen LogP contribution < -0.4 is 4.74 Å². The molecule has 0 saturated heterocycles. The highest BCUT2D eigenvalue weighted by Gasteiger charge is 2.41. The van der Waals surface area contributed by atoms with Crippen molar-refractivity contribution >= 4 is 15.9 Å². The zero-order chi connectivity index (χ0) is 16.2. The van der Waals surface area contributed by atoms with E-state index in [0.29, 0.717) is 15.8 Å². The van der Waals surface area contributed by atoms with Crippen molar-refractivity contribution in [2.45, 2.75) is 18.9 Å². The first kappa shape index (κ1) is 16.8. The molecule has 0 N–H and O–H groups in total. The van der Waals surface area contributed by atoms with Crippen LogP contribution in [0, 0.1) is 0 Å². The van der Waals surface area contributed by atoms with Crippen molar-refractivity contribution < 1.29 is 22.6 Å². The van der Waals surface area contributed by atoms with E-state index in [-0.39, 0.29) is 12.2 Å². The van der Waals surface area contributed by atoms with Gasteiger partial charge in [-0.15, -0.1) is 0 Å². The number of methoxy groups -OCH3 is 1. The molecule has 0 spiro atoms. The minimum absolute atomic E-state index is 0.0733. The quantitative estimate of drug-likeness (QED) is 0.708. The predicted octanol–water partition coefficient (Wildman–Crippen LogP) is 5.28. The second-order valence-corrected chi connectivity index (χ2v) is 5.55. The summed E-state index contributed by atoms with van der Waals surface area (Å²) in [7, 11) is 1.53. The summed E-state index contributed by atoms with van der Waals surface area (Å²) in [5.41, 5.74) is 0.719. The molecule has 0 fully saturated rings. The van der Waals surface area contributed by atoms with Gasteiger partial charge in [0.25, 0.3) is 0 Å². The Kier molecular flexibility index (Phi) is 5.47. The van der Waals surface area contributed by atoms with Crippen LogP contribution in [0.5, 0.6) is 5.75 Å². The van der Waals surface area contributed by atoms with Crippen molar-refractivity contribution in [1.29, 1.82) is 0 Å². The van der Waals surface area contributed by atoms with Crippen LogP contribution in [0.25, 0.3) is 0 Å². The summed E-state index contributed by atoms with van der Waals surface area (Å²) in [6.45, 7) is -0.135. The Morgan fingerprint density at radius 2 is 1.59 bits per heavy atom. The highest BCUT2D eigenvalue weighted by molar-refractivity contribution is 9.10. The van der Waals surface area contributed by atoms with Crippen molar-refractivity contribution in [2.75, 3.05) is 7.11 Å². The standard InChI is InChI=1S/C16H14BrF3O2/c1-21-14-8-2-11(3-9-14)10-22-15(16(18,19)20)12-4-6-13(17)7-5-12/h2-9,15H,10H2,1H3/t15-/m1/s1. The van der Waals surface area contributed by atoms with Crippen molar-refractivity contribution in [3.8, 4) is 5.75 Å². The normalized spacial score (nSPS) is 13.0. The lowest BCUT2D eigenvalue weighted by atomic mass is 10.1. The molecule has 0 aliphatic heterocycles. The Bertz CT molecular complexity index is 594. The van der Waals surface area contributed by atoms with Crippen LogP contribution in [0.3, 0.4) is 0 Å². The van der Waals surface area contributed by atoms with Crippen LogP contribution in [-0.4, -0.2) is 13.3 Å². The summed E-state index contributed by atoms with van der Waals surface area (Å²) in [5.74, 6) is 0.643. The van der Waals surface area contributed by atoms with Gasteiger partial charge in [0.05, 0.1) is 13.7 Å². The lowest BCUT2D eigenvalue weighted by molar-refractivity contribution is -0.227. The van der Waals surface area contributed by atoms with Crippen LogP contribution in [-0.2, 0) is 11.3 Å². The van der Waals surface area contributed by atoms with E-state index in [1.807, 2.05) is 0 Å². The molecule has 2 nitrogen and oxygen atoms in total. The molecule has 0 aromatic heterocycles. The number of rotatable bonds is 5. The Morgan fingerprint density at radius 3 is 2.09 bits per heavy atom. The zero-order valence-corrected chi connectivity index (χ0v) is 13.3. The van der Waals surface area contributed by atoms with E-state index >= 15 is 0 Å². The maximum Gasteiger partial charge on any atom is 0.418 e. The van der Waals surface area contributed by atoms with Crippen LogP contribution in [0.1, 0.15) is 17.2 Å². The SMILES string of the molecule is COc1ccc(CO[C@H](c2ccc(Br)cc2)C(F)(F)F)cc1. The Morgan fingerprint density at radius 1 is 1.00 bits per heavy atom. The van der Waals surface area contributed by atoms with Gasteiger partial charge in [-0.1, -0.05) is 40.2 Å². The fourth-order valence-electron chi connectivity index (χ4n) is 1.92. The first-order chi connectivity index (χ1) is 10.4. The Labute approximate surface area is 135 Å². The van der Waals surface area contributed by atoms with E-state index in [4.69, 9.17) is 9.47 Å². The number of ether oxygens (including phenoxy) is 2. The summed E-state index contributed by atoms with van der Waals surface area (Å²) in [6.07, 6.45) is -6.43. The van der Waals surface area contributed by atoms with Crippen LogP contribution in [0.4, 0.5) is 13.2 Å². The number of halogens is 4. The molecule has 2 rings (SSSR count). The molecular weight excluding hydrogens is 361 g/mol. The maximum atomic E-state index is 13.2. The Balaban J connectivity index is 2.11. The summed E-state index contributed by atoms with van der Waals surface area (Å²) in [6, 6.07) is 12.6. The van der Waals surface area contributed by atoms with Gasteiger partial charge in [0, 0.05) is 4.47 Å². The molecule has 0 saturated carbocycles. The first-order valence-electron chi connectivity index (χ1n) is 6.47. The first-order valence-corrected chi connectivity index (χ1v) is 7.26. The smallest absolute Gasteiger partial charge is 0.418 e. The molecule has 22 heavy (non-hydrogen) atoms. The summed E-state index contributed by atoms with van der Waals surface area (Å²) in [4.78, 5) is 0. The molecule has 0 radical (unpaired) electrons. The van der Waals surface area contributed by atoms with E-state index in [9.17, 15) is 13.2 Å². The van der Waals surface area contributed by atoms with Gasteiger partial charge < -0.3 is 9.47 Å². The van der Waals surface area contributed by atoms with Gasteiger partial charge in [-0.2, -0.15) is 13.2 Å². The molecule has 0 aliphatic carbocycles. The van der Waals surface area contributed by atoms with Gasteiger partial charge in [0.1, 0.15) is 5.75 Å². The fraction of sp³-hybridized carbons (Fsp3) is 0.250. The Hall–Kier alpha value is -1.53. The van der Waals surface area contributed by atoms with Crippen LogP contribution in [0.2, 0.25) is 0 Å². The second-order valence-electron chi connectivity index (χ2n) is 4.63. The van der Waals surface area contributed by atoms with Crippen molar-refractivity contribution in [1.82, 2.24) is 0 Å². The van der Waals surface area contributed by atoms with Crippen molar-refractivity contribution in [3.05, 3.63) is 64.1 Å². The van der Waals surface area contributed by atoms with Gasteiger partial charge in [-0.3, -0.25) is 0 Å². The fourth-order valence-corrected chi connectivity index (χ4v) is 2.18. The van der Waals surface area contributed by atoms with Gasteiger partial charge in [-0.05, 0) is 35.4 Å². The summed E-state index contributed by atoms with van der Waals surface area (Å²) < 4.78 is 50.3. The van der Waals surface area contributed by atoms with Crippen molar-refractivity contribution in [3.63, 3.8) is 0 Å². The summed E-state index contributed by atoms with van der Waals surface area (Å²) in [5, 5.41) is 0. The van der Waals surface area contributed by atoms with Gasteiger partial charge in [-0.25, -0.2) is 0 Å². The molecule has 0 aliphatic rings. The van der Waals surface area contributed by atoms with E-state index in [0.717, 1.165) is 0 Å². The van der Waals surface area contributed by atoms with Gasteiger partial charge in [0.2, 0.25) is 0 Å². The van der Waals surface area contributed by atoms with E-state index < -0.39 is 12.3 Å². The highest BCUT2D eigenvalue weighted by Crippen LogP contribution is 2.36. The molecule has 0 bridgehead atoms. The summed E-state index contributed by atoms with van der Waals surface area (Å²) >= 11 is 3.20. The number of hydrogen-bond acceptors (Lipinski definition) is 2. The molecule has 0 heterocycles. The number of benzene rings is 2. The monoisotopic (exact) mass is 374 g/mol. The minimum Gasteiger partial charge on any atom is -0.497 e. The largest absolute Gasteiger partial charge is 0.497 e. The molecule has 0 unspecified atom stereocenters. The number of alkyl halides is 3. The lowest BCUT2D eigenvalue weighted by Gasteiger charge is -2.21. The third-order valence-corrected chi connectivity index (χ3v) is 3.57. The molecule has 0 amide bonds. The molecule has 118 valence electrons. The highest BCUT2D eigenvalue weighted by atomic mass is 79.9. The van der Waals surface area contributed by atoms with Crippen molar-refractivity contribution in [2.24, 2.45) is 0 Å².